The number of nitrogens with one attached hydrogen (secondary N) is 1. The first-order valence-electron chi connectivity index (χ1n) is 6.44. The molecule has 0 aliphatic carbocycles. The SMILES string of the molecule is CC(C)n1c(N)c(CN2CCOCC2)c(=O)[nH]c1=O. The van der Waals surface area contributed by atoms with Gasteiger partial charge in [0.25, 0.3) is 5.56 Å². The number of aromatic nitrogens is 2. The van der Waals surface area contributed by atoms with Gasteiger partial charge in [-0.1, -0.05) is 0 Å². The van der Waals surface area contributed by atoms with Crippen molar-refractivity contribution in [3.05, 3.63) is 26.4 Å². The second-order valence-corrected chi connectivity index (χ2v) is 4.98. The normalized spacial score (nSPS) is 17.0. The Morgan fingerprint density at radius 3 is 2.53 bits per heavy atom. The first-order chi connectivity index (χ1) is 9.00. The zero-order valence-corrected chi connectivity index (χ0v) is 11.3. The lowest BCUT2D eigenvalue weighted by molar-refractivity contribution is 0.0340. The highest BCUT2D eigenvalue weighted by Crippen LogP contribution is 2.13. The van der Waals surface area contributed by atoms with Crippen LogP contribution >= 0.6 is 0 Å². The molecule has 19 heavy (non-hydrogen) atoms. The van der Waals surface area contributed by atoms with Gasteiger partial charge in [0.15, 0.2) is 0 Å². The number of aromatic amines is 1. The van der Waals surface area contributed by atoms with Crippen LogP contribution in [0.4, 0.5) is 5.82 Å². The van der Waals surface area contributed by atoms with E-state index in [1.807, 2.05) is 13.8 Å². The topological polar surface area (TPSA) is 93.3 Å². The number of morpholine rings is 1. The van der Waals surface area contributed by atoms with Crippen LogP contribution in [0.25, 0.3) is 0 Å². The molecule has 1 fully saturated rings. The molecule has 106 valence electrons. The van der Waals surface area contributed by atoms with E-state index in [1.165, 1.54) is 4.57 Å². The minimum Gasteiger partial charge on any atom is -0.385 e. The number of anilines is 1. The number of nitrogens with zero attached hydrogens (tertiary/aromatic N) is 2. The largest absolute Gasteiger partial charge is 0.385 e. The van der Waals surface area contributed by atoms with E-state index in [4.69, 9.17) is 10.5 Å². The fourth-order valence-electron chi connectivity index (χ4n) is 2.25. The summed E-state index contributed by atoms with van der Waals surface area (Å²) in [6.07, 6.45) is 0. The lowest BCUT2D eigenvalue weighted by Gasteiger charge is -2.27. The number of H-pyrrole nitrogens is 1. The Bertz CT molecular complexity index is 555. The maximum absolute atomic E-state index is 11.9. The van der Waals surface area contributed by atoms with Crippen LogP contribution in [-0.4, -0.2) is 40.8 Å². The quantitative estimate of drug-likeness (QED) is 0.773. The average Bonchev–Trinajstić information content (AvgIpc) is 2.35. The molecule has 0 aromatic carbocycles. The van der Waals surface area contributed by atoms with Gasteiger partial charge in [-0.15, -0.1) is 0 Å². The third-order valence-electron chi connectivity index (χ3n) is 3.28. The molecule has 1 saturated heterocycles. The summed E-state index contributed by atoms with van der Waals surface area (Å²) in [6, 6.07) is -0.0900. The van der Waals surface area contributed by atoms with Gasteiger partial charge in [0.1, 0.15) is 5.82 Å². The lowest BCUT2D eigenvalue weighted by atomic mass is 10.2. The maximum Gasteiger partial charge on any atom is 0.330 e. The maximum atomic E-state index is 11.9. The Labute approximate surface area is 111 Å². The summed E-state index contributed by atoms with van der Waals surface area (Å²) in [5.41, 5.74) is 5.59. The van der Waals surface area contributed by atoms with Crippen LogP contribution in [0.2, 0.25) is 0 Å². The number of ether oxygens (including phenoxy) is 1. The van der Waals surface area contributed by atoms with E-state index in [2.05, 4.69) is 9.88 Å². The Hall–Kier alpha value is -1.60. The van der Waals surface area contributed by atoms with Crippen molar-refractivity contribution < 1.29 is 4.74 Å². The molecule has 1 aliphatic rings. The summed E-state index contributed by atoms with van der Waals surface area (Å²) in [7, 11) is 0. The summed E-state index contributed by atoms with van der Waals surface area (Å²) in [6.45, 7) is 6.99. The molecule has 7 nitrogen and oxygen atoms in total. The van der Waals surface area contributed by atoms with Crippen molar-refractivity contribution in [3.63, 3.8) is 0 Å². The highest BCUT2D eigenvalue weighted by atomic mass is 16.5. The zero-order valence-electron chi connectivity index (χ0n) is 11.3. The highest BCUT2D eigenvalue weighted by molar-refractivity contribution is 5.38. The molecule has 0 saturated carbocycles. The Morgan fingerprint density at radius 1 is 1.32 bits per heavy atom. The van der Waals surface area contributed by atoms with Crippen LogP contribution in [0.5, 0.6) is 0 Å². The van der Waals surface area contributed by atoms with Gasteiger partial charge in [0.05, 0.1) is 18.8 Å². The smallest absolute Gasteiger partial charge is 0.330 e. The minimum absolute atomic E-state index is 0.0900. The molecule has 1 aromatic rings. The van der Waals surface area contributed by atoms with E-state index in [-0.39, 0.29) is 11.9 Å². The number of hydrogen-bond donors (Lipinski definition) is 2. The predicted octanol–water partition coefficient (Wildman–Crippen LogP) is -0.468. The standard InChI is InChI=1S/C12H20N4O3/c1-8(2)16-10(13)9(11(17)14-12(16)18)7-15-3-5-19-6-4-15/h8H,3-7,13H2,1-2H3,(H,14,17,18). The number of rotatable bonds is 3. The summed E-state index contributed by atoms with van der Waals surface area (Å²) in [4.78, 5) is 28.1. The first-order valence-corrected chi connectivity index (χ1v) is 6.44. The van der Waals surface area contributed by atoms with Gasteiger partial charge in [-0.3, -0.25) is 19.2 Å². The Kier molecular flexibility index (Phi) is 4.06. The molecule has 0 atom stereocenters. The number of hydrogen-bond acceptors (Lipinski definition) is 5. The van der Waals surface area contributed by atoms with E-state index in [9.17, 15) is 9.59 Å². The van der Waals surface area contributed by atoms with E-state index in [1.54, 1.807) is 0 Å². The van der Waals surface area contributed by atoms with Gasteiger partial charge in [-0.2, -0.15) is 0 Å². The summed E-state index contributed by atoms with van der Waals surface area (Å²) >= 11 is 0. The second-order valence-electron chi connectivity index (χ2n) is 4.98. The molecular formula is C12H20N4O3. The molecule has 3 N–H and O–H groups in total. The summed E-state index contributed by atoms with van der Waals surface area (Å²) in [5.74, 6) is 0.259. The monoisotopic (exact) mass is 268 g/mol. The molecule has 1 aliphatic heterocycles. The van der Waals surface area contributed by atoms with Gasteiger partial charge in [-0.05, 0) is 13.8 Å². The van der Waals surface area contributed by atoms with Crippen LogP contribution < -0.4 is 17.0 Å². The number of nitrogen functional groups attached to an aromatic ring is 1. The van der Waals surface area contributed by atoms with Crippen LogP contribution in [0.15, 0.2) is 9.59 Å². The molecule has 7 heteroatoms. The summed E-state index contributed by atoms with van der Waals surface area (Å²) < 4.78 is 6.68. The molecule has 0 radical (unpaired) electrons. The molecule has 1 aromatic heterocycles. The van der Waals surface area contributed by atoms with Gasteiger partial charge >= 0.3 is 5.69 Å². The van der Waals surface area contributed by atoms with Crippen molar-refractivity contribution in [2.24, 2.45) is 0 Å². The molecular weight excluding hydrogens is 248 g/mol. The van der Waals surface area contributed by atoms with Crippen molar-refractivity contribution in [2.45, 2.75) is 26.4 Å². The van der Waals surface area contributed by atoms with Crippen LogP contribution in [-0.2, 0) is 11.3 Å². The van der Waals surface area contributed by atoms with Crippen molar-refractivity contribution in [3.8, 4) is 0 Å². The van der Waals surface area contributed by atoms with Crippen LogP contribution in [0, 0.1) is 0 Å². The van der Waals surface area contributed by atoms with Crippen molar-refractivity contribution in [1.29, 1.82) is 0 Å². The molecule has 2 heterocycles. The third kappa shape index (κ3) is 2.87. The summed E-state index contributed by atoms with van der Waals surface area (Å²) in [5, 5.41) is 0. The molecule has 0 amide bonds. The van der Waals surface area contributed by atoms with E-state index in [0.29, 0.717) is 25.3 Å². The Morgan fingerprint density at radius 2 is 1.95 bits per heavy atom. The van der Waals surface area contributed by atoms with Gasteiger partial charge in [0, 0.05) is 25.7 Å². The van der Waals surface area contributed by atoms with E-state index in [0.717, 1.165) is 13.1 Å². The zero-order chi connectivity index (χ0) is 14.0. The van der Waals surface area contributed by atoms with E-state index >= 15 is 0 Å². The highest BCUT2D eigenvalue weighted by Gasteiger charge is 2.18. The number of nitrogens with two attached hydrogens (primary N) is 1. The van der Waals surface area contributed by atoms with E-state index < -0.39 is 11.2 Å². The fourth-order valence-corrected chi connectivity index (χ4v) is 2.25. The third-order valence-corrected chi connectivity index (χ3v) is 3.28. The van der Waals surface area contributed by atoms with Gasteiger partial charge < -0.3 is 10.5 Å². The van der Waals surface area contributed by atoms with Gasteiger partial charge in [0.2, 0.25) is 0 Å². The van der Waals surface area contributed by atoms with Crippen molar-refractivity contribution in [2.75, 3.05) is 32.0 Å². The average molecular weight is 268 g/mol. The molecule has 0 spiro atoms. The first kappa shape index (κ1) is 13.8. The second kappa shape index (κ2) is 5.58. The Balaban J connectivity index is 2.36. The molecule has 2 rings (SSSR count). The van der Waals surface area contributed by atoms with Crippen molar-refractivity contribution in [1.82, 2.24) is 14.5 Å². The molecule has 0 unspecified atom stereocenters. The van der Waals surface area contributed by atoms with Gasteiger partial charge in [-0.25, -0.2) is 4.79 Å². The fraction of sp³-hybridized carbons (Fsp3) is 0.667. The van der Waals surface area contributed by atoms with Crippen LogP contribution in [0.3, 0.4) is 0 Å². The predicted molar refractivity (Wildman–Crippen MR) is 72.2 cm³/mol. The van der Waals surface area contributed by atoms with Crippen LogP contribution in [0.1, 0.15) is 25.5 Å². The minimum atomic E-state index is -0.455. The van der Waals surface area contributed by atoms with Crippen molar-refractivity contribution >= 4 is 5.82 Å². The lowest BCUT2D eigenvalue weighted by Crippen LogP contribution is -2.41. The molecule has 0 bridgehead atoms.